The van der Waals surface area contributed by atoms with Gasteiger partial charge in [0.05, 0.1) is 0 Å². The molecule has 0 atom stereocenters. The Labute approximate surface area is 244 Å². The maximum atomic E-state index is 12.7. The van der Waals surface area contributed by atoms with Gasteiger partial charge in [-0.2, -0.15) is 0 Å². The van der Waals surface area contributed by atoms with Gasteiger partial charge in [0.1, 0.15) is 11.6 Å². The number of aromatic nitrogens is 4. The summed E-state index contributed by atoms with van der Waals surface area (Å²) in [6.07, 6.45) is 17.7. The number of carbonyl (C=O) groups excluding carboxylic acids is 2. The van der Waals surface area contributed by atoms with Crippen LogP contribution in [-0.2, 0) is 19.1 Å². The predicted octanol–water partition coefficient (Wildman–Crippen LogP) is 6.22. The fraction of sp³-hybridized carbons (Fsp3) is 0.500. The van der Waals surface area contributed by atoms with Crippen LogP contribution in [0.2, 0.25) is 10.6 Å². The third-order valence-corrected chi connectivity index (χ3v) is 7.40. The minimum absolute atomic E-state index is 0.116. The zero-order valence-corrected chi connectivity index (χ0v) is 24.2. The van der Waals surface area contributed by atoms with Gasteiger partial charge in [-0.25, -0.2) is 29.5 Å². The van der Waals surface area contributed by atoms with Crippen molar-refractivity contribution in [1.29, 1.82) is 0 Å². The van der Waals surface area contributed by atoms with E-state index in [1.54, 1.807) is 19.1 Å². The first-order valence-electron chi connectivity index (χ1n) is 13.6. The van der Waals surface area contributed by atoms with E-state index in [0.29, 0.717) is 34.8 Å². The molecular weight excluding hydrogens is 555 g/mol. The van der Waals surface area contributed by atoms with Crippen LogP contribution in [0.1, 0.15) is 82.8 Å². The van der Waals surface area contributed by atoms with Crippen molar-refractivity contribution in [1.82, 2.24) is 19.9 Å². The quantitative estimate of drug-likeness (QED) is 0.135. The van der Waals surface area contributed by atoms with Crippen LogP contribution in [-0.4, -0.2) is 49.7 Å². The van der Waals surface area contributed by atoms with Gasteiger partial charge in [-0.15, -0.1) is 0 Å². The van der Waals surface area contributed by atoms with Crippen molar-refractivity contribution < 1.29 is 19.1 Å². The van der Waals surface area contributed by atoms with Gasteiger partial charge in [0.25, 0.3) is 5.79 Å². The summed E-state index contributed by atoms with van der Waals surface area (Å²) in [5.41, 5.74) is 1.19. The molecule has 10 nitrogen and oxygen atoms in total. The summed E-state index contributed by atoms with van der Waals surface area (Å²) in [6.45, 7) is 3.28. The lowest BCUT2D eigenvalue weighted by atomic mass is 10.2. The zero-order valence-electron chi connectivity index (χ0n) is 22.7. The van der Waals surface area contributed by atoms with Crippen molar-refractivity contribution in [3.05, 3.63) is 46.2 Å². The highest BCUT2D eigenvalue weighted by atomic mass is 35.5. The molecule has 0 aliphatic heterocycles. The van der Waals surface area contributed by atoms with Gasteiger partial charge in [-0.1, -0.05) is 32.6 Å². The van der Waals surface area contributed by atoms with Gasteiger partial charge in [0, 0.05) is 61.1 Å². The summed E-state index contributed by atoms with van der Waals surface area (Å²) in [5.74, 6) is -1.74. The lowest BCUT2D eigenvalue weighted by Gasteiger charge is -2.26. The molecule has 0 bridgehead atoms. The van der Waals surface area contributed by atoms with E-state index in [-0.39, 0.29) is 17.0 Å². The first-order chi connectivity index (χ1) is 19.2. The Kier molecular flexibility index (Phi) is 10.3. The number of carbonyl (C=O) groups is 2. The number of ether oxygens (including phenoxy) is 2. The highest BCUT2D eigenvalue weighted by molar-refractivity contribution is 6.28. The van der Waals surface area contributed by atoms with Crippen LogP contribution in [0.15, 0.2) is 24.5 Å². The number of esters is 2. The molecule has 0 amide bonds. The van der Waals surface area contributed by atoms with Crippen LogP contribution in [0.4, 0.5) is 11.6 Å². The summed E-state index contributed by atoms with van der Waals surface area (Å²) in [4.78, 5) is 41.9. The van der Waals surface area contributed by atoms with Crippen molar-refractivity contribution in [2.45, 2.75) is 89.5 Å². The molecule has 4 rings (SSSR count). The number of hydrogen-bond donors (Lipinski definition) is 2. The van der Waals surface area contributed by atoms with Crippen molar-refractivity contribution in [3.63, 3.8) is 0 Å². The number of nitrogens with one attached hydrogen (secondary N) is 2. The summed E-state index contributed by atoms with van der Waals surface area (Å²) in [6, 6.07) is 0.602. The molecule has 0 aromatic carbocycles. The highest BCUT2D eigenvalue weighted by Gasteiger charge is 2.30. The number of nitrogens with zero attached hydrogens (tertiary/aromatic N) is 4. The monoisotopic (exact) mass is 588 g/mol. The Morgan fingerprint density at radius 1 is 0.850 bits per heavy atom. The molecule has 214 valence electrons. The molecule has 2 saturated carbocycles. The van der Waals surface area contributed by atoms with E-state index >= 15 is 0 Å². The second-order valence-corrected chi connectivity index (χ2v) is 10.8. The lowest BCUT2D eigenvalue weighted by molar-refractivity contribution is -0.216. The average Bonchev–Trinajstić information content (AvgIpc) is 3.62. The predicted molar refractivity (Wildman–Crippen MR) is 155 cm³/mol. The molecular formula is C28H34Cl2N6O4. The molecule has 2 fully saturated rings. The Hall–Kier alpha value is -3.24. The number of hydrogen-bond acceptors (Lipinski definition) is 10. The van der Waals surface area contributed by atoms with Crippen molar-refractivity contribution >= 4 is 58.9 Å². The fourth-order valence-corrected chi connectivity index (χ4v) is 4.98. The average molecular weight is 590 g/mol. The van der Waals surface area contributed by atoms with Crippen molar-refractivity contribution in [2.75, 3.05) is 10.6 Å². The molecule has 2 heterocycles. The summed E-state index contributed by atoms with van der Waals surface area (Å²) < 4.78 is 11.0. The van der Waals surface area contributed by atoms with E-state index in [2.05, 4.69) is 30.6 Å². The number of rotatable bonds is 11. The van der Waals surface area contributed by atoms with E-state index in [0.717, 1.165) is 51.4 Å². The Morgan fingerprint density at radius 3 is 1.62 bits per heavy atom. The van der Waals surface area contributed by atoms with E-state index in [4.69, 9.17) is 32.7 Å². The van der Waals surface area contributed by atoms with E-state index in [9.17, 15) is 9.59 Å². The third-order valence-electron chi connectivity index (χ3n) is 7.04. The van der Waals surface area contributed by atoms with Crippen LogP contribution in [0, 0.1) is 0 Å². The van der Waals surface area contributed by atoms with Crippen molar-refractivity contribution in [3.8, 4) is 0 Å². The molecule has 0 radical (unpaired) electrons. The van der Waals surface area contributed by atoms with Crippen LogP contribution < -0.4 is 10.6 Å². The van der Waals surface area contributed by atoms with Gasteiger partial charge in [0.2, 0.25) is 10.6 Å². The SMILES string of the molecule is CCC(C)(OC(=O)/C=C/c1cnc(Cl)nc1NC1CCCC1)OC(=O)/C=C/c1cnc(Cl)nc1NC1CCCC1. The molecule has 2 aliphatic carbocycles. The zero-order chi connectivity index (χ0) is 28.5. The van der Waals surface area contributed by atoms with Gasteiger partial charge in [-0.3, -0.25) is 0 Å². The van der Waals surface area contributed by atoms with E-state index < -0.39 is 17.7 Å². The molecule has 2 aliphatic rings. The number of anilines is 2. The van der Waals surface area contributed by atoms with Crippen LogP contribution >= 0.6 is 23.2 Å². The van der Waals surface area contributed by atoms with Crippen LogP contribution in [0.3, 0.4) is 0 Å². The van der Waals surface area contributed by atoms with Gasteiger partial charge < -0.3 is 20.1 Å². The standard InChI is InChI=1S/C28H34Cl2N6O4/c1-3-28(2,39-22(37)14-12-18-16-31-26(29)35-24(18)33-20-8-4-5-9-20)40-23(38)15-13-19-17-32-27(30)36-25(19)34-21-10-6-7-11-21/h12-17,20-21H,3-11H2,1-2H3,(H,31,33,35)(H,32,34,36)/b14-12+,15-13+. The molecule has 2 aromatic heterocycles. The molecule has 12 heteroatoms. The normalized spacial score (nSPS) is 16.6. The second-order valence-electron chi connectivity index (χ2n) is 10.1. The summed E-state index contributed by atoms with van der Waals surface area (Å²) in [7, 11) is 0. The first kappa shape index (κ1) is 29.7. The lowest BCUT2D eigenvalue weighted by Crippen LogP contribution is -2.35. The fourth-order valence-electron chi connectivity index (χ4n) is 4.72. The first-order valence-corrected chi connectivity index (χ1v) is 14.4. The molecule has 2 N–H and O–H groups in total. The Bertz CT molecular complexity index is 1170. The Morgan fingerprint density at radius 2 is 1.25 bits per heavy atom. The van der Waals surface area contributed by atoms with Gasteiger partial charge in [0.15, 0.2) is 0 Å². The molecule has 2 aromatic rings. The minimum Gasteiger partial charge on any atom is -0.420 e. The van der Waals surface area contributed by atoms with Gasteiger partial charge in [-0.05, 0) is 61.0 Å². The number of halogens is 2. The molecule has 40 heavy (non-hydrogen) atoms. The molecule has 0 saturated heterocycles. The smallest absolute Gasteiger partial charge is 0.334 e. The molecule has 0 unspecified atom stereocenters. The maximum Gasteiger partial charge on any atom is 0.334 e. The maximum absolute atomic E-state index is 12.7. The van der Waals surface area contributed by atoms with Crippen LogP contribution in [0.25, 0.3) is 12.2 Å². The van der Waals surface area contributed by atoms with E-state index in [1.807, 2.05) is 0 Å². The summed E-state index contributed by atoms with van der Waals surface area (Å²) >= 11 is 12.0. The van der Waals surface area contributed by atoms with Crippen molar-refractivity contribution in [2.24, 2.45) is 0 Å². The third kappa shape index (κ3) is 8.63. The largest absolute Gasteiger partial charge is 0.420 e. The van der Waals surface area contributed by atoms with E-state index in [1.165, 1.54) is 31.5 Å². The second kappa shape index (κ2) is 13.9. The topological polar surface area (TPSA) is 128 Å². The van der Waals surface area contributed by atoms with Crippen LogP contribution in [0.5, 0.6) is 0 Å². The summed E-state index contributed by atoms with van der Waals surface area (Å²) in [5, 5.41) is 6.99. The minimum atomic E-state index is -1.48. The Balaban J connectivity index is 1.37. The highest BCUT2D eigenvalue weighted by Crippen LogP contribution is 2.26. The molecule has 0 spiro atoms. The van der Waals surface area contributed by atoms with Gasteiger partial charge >= 0.3 is 11.9 Å².